The predicted molar refractivity (Wildman–Crippen MR) is 279 cm³/mol. The van der Waals surface area contributed by atoms with Crippen molar-refractivity contribution < 1.29 is 85.0 Å². The first-order valence-electron chi connectivity index (χ1n) is 23.2. The number of phosphoric ester groups is 1. The Kier molecular flexibility index (Phi) is 17.7. The first-order chi connectivity index (χ1) is 36.5. The Labute approximate surface area is 443 Å². The summed E-state index contributed by atoms with van der Waals surface area (Å²) in [7, 11) is -9.52. The molecule has 9 N–H and O–H groups in total. The molecule has 1 aromatic heterocycles. The number of amides is 1. The first kappa shape index (κ1) is 58.7. The summed E-state index contributed by atoms with van der Waals surface area (Å²) in [6.07, 6.45) is -4.36. The summed E-state index contributed by atoms with van der Waals surface area (Å²) in [5.74, 6) is 3.66. The molecule has 1 saturated heterocycles. The first-order valence-corrected chi connectivity index (χ1v) is 27.8. The lowest BCUT2D eigenvalue weighted by Gasteiger charge is -2.23. The molecular weight excluding hydrogens is 1090 g/mol. The highest BCUT2D eigenvalue weighted by Gasteiger charge is 2.43. The number of nitrogen functional groups attached to an aromatic ring is 1. The second kappa shape index (κ2) is 23.5. The third kappa shape index (κ3) is 14.0. The number of phosphoric acid groups is 3. The van der Waals surface area contributed by atoms with E-state index in [2.05, 4.69) is 35.3 Å². The number of aromatic nitrogens is 2. The minimum absolute atomic E-state index is 0.0491. The number of hydrogen-bond donors (Lipinski definition) is 8. The Morgan fingerprint density at radius 1 is 0.987 bits per heavy atom. The minimum Gasteiger partial charge on any atom is -0.478 e. The molecule has 3 aromatic carbocycles. The number of hydrogen-bond acceptors (Lipinski definition) is 18. The molecule has 6 atom stereocenters. The number of aliphatic hydroxyl groups excluding tert-OH is 1. The number of carbonyl (C=O) groups is 2. The summed E-state index contributed by atoms with van der Waals surface area (Å²) in [4.78, 5) is 93.7. The summed E-state index contributed by atoms with van der Waals surface area (Å²) in [6.45, 7) is 1.91. The van der Waals surface area contributed by atoms with Gasteiger partial charge < -0.3 is 59.6 Å². The number of carbonyl (C=O) groups excluding carboxylic acids is 1. The van der Waals surface area contributed by atoms with Gasteiger partial charge in [-0.25, -0.2) is 27.9 Å². The van der Waals surface area contributed by atoms with Crippen LogP contribution in [0, 0.1) is 27.9 Å². The zero-order valence-electron chi connectivity index (χ0n) is 42.3. The van der Waals surface area contributed by atoms with Crippen LogP contribution >= 0.6 is 23.5 Å². The van der Waals surface area contributed by atoms with E-state index in [-0.39, 0.29) is 64.5 Å². The summed E-state index contributed by atoms with van der Waals surface area (Å²) in [5, 5.41) is 37.7. The molecule has 2 aliphatic heterocycles. The average Bonchev–Trinajstić information content (AvgIpc) is 3.82. The van der Waals surface area contributed by atoms with Crippen molar-refractivity contribution in [1.82, 2.24) is 19.4 Å². The third-order valence-corrected chi connectivity index (χ3v) is 15.8. The van der Waals surface area contributed by atoms with Gasteiger partial charge in [-0.05, 0) is 60.0 Å². The molecule has 0 bridgehead atoms. The van der Waals surface area contributed by atoms with Crippen LogP contribution < -0.4 is 31.6 Å². The minimum atomic E-state index is -5.83. The molecule has 7 rings (SSSR count). The van der Waals surface area contributed by atoms with Gasteiger partial charge in [-0.3, -0.25) is 24.0 Å². The Balaban J connectivity index is 1.05. The maximum atomic E-state index is 13.7. The summed E-state index contributed by atoms with van der Waals surface area (Å²) in [5.41, 5.74) is 8.11. The van der Waals surface area contributed by atoms with Crippen LogP contribution in [0.15, 0.2) is 88.2 Å². The van der Waals surface area contributed by atoms with Crippen LogP contribution in [0.4, 0.5) is 17.2 Å². The molecule has 3 heterocycles. The van der Waals surface area contributed by atoms with Crippen molar-refractivity contribution in [3.63, 3.8) is 0 Å². The lowest BCUT2D eigenvalue weighted by Crippen LogP contribution is -2.29. The van der Waals surface area contributed by atoms with Gasteiger partial charge in [0.1, 0.15) is 43.6 Å². The number of nitro groups is 1. The summed E-state index contributed by atoms with van der Waals surface area (Å²) >= 11 is 0. The Bertz CT molecular complexity index is 3660. The molecule has 78 heavy (non-hydrogen) atoms. The van der Waals surface area contributed by atoms with Gasteiger partial charge in [-0.1, -0.05) is 25.7 Å². The van der Waals surface area contributed by atoms with E-state index in [1.807, 2.05) is 74.1 Å². The molecule has 1 amide bonds. The number of aliphatic hydroxyl groups is 1. The molecule has 0 radical (unpaired) electrons. The van der Waals surface area contributed by atoms with Gasteiger partial charge in [-0.2, -0.15) is 13.6 Å². The van der Waals surface area contributed by atoms with Crippen LogP contribution in [0.5, 0.6) is 0 Å². The maximum Gasteiger partial charge on any atom is 0.490 e. The number of nitrogens with two attached hydrogens (primary N) is 1. The number of fused-ring (bicyclic) bond motifs is 2. The molecule has 4 aromatic rings. The van der Waals surface area contributed by atoms with Gasteiger partial charge in [0.15, 0.2) is 0 Å². The van der Waals surface area contributed by atoms with Crippen molar-refractivity contribution in [3.05, 3.63) is 133 Å². The monoisotopic (exact) mass is 1140 g/mol. The highest BCUT2D eigenvalue weighted by Crippen LogP contribution is 2.66. The number of anilines is 2. The van der Waals surface area contributed by atoms with Crippen LogP contribution in [0.25, 0.3) is 33.4 Å². The molecular formula is C48H53N7O20P3+. The second-order valence-electron chi connectivity index (χ2n) is 18.3. The number of nitrogens with one attached hydrogen (secondary N) is 1. The molecule has 27 nitrogen and oxygen atoms in total. The Morgan fingerprint density at radius 3 is 2.37 bits per heavy atom. The van der Waals surface area contributed by atoms with Crippen molar-refractivity contribution in [2.75, 3.05) is 52.0 Å². The third-order valence-electron chi connectivity index (χ3n) is 12.0. The predicted octanol–water partition coefficient (Wildman–Crippen LogP) is 4.73. The molecule has 0 spiro atoms. The quantitative estimate of drug-likeness (QED) is 0.0136. The topological polar surface area (TPSA) is 388 Å². The fraction of sp³-hybridized carbons (Fsp3) is 0.312. The fourth-order valence-electron chi connectivity index (χ4n) is 8.35. The SMILES string of the molecule is CC(C)C(OCc1cn(C2CC(O)C(COP(=O)(O)OP(=O)(O)OP(=O)(O)O)O2)c(=O)nc1N)c1ccc(C#CCNC(=O)c2ccc(C(=O)O)c(-c3c4ccc(=[N+](C)C)cc-4oc4cc(N(C)C)ccc34)c2)cc1[N+](=O)[O-]. The van der Waals surface area contributed by atoms with Crippen LogP contribution in [0.3, 0.4) is 0 Å². The number of rotatable bonds is 19. The van der Waals surface area contributed by atoms with E-state index >= 15 is 0 Å². The standard InChI is InChI=1S/C48H52N7O20P3/c1-26(2)44(70-24-29-23-54(48(60)51-45(29)49)42-22-38(56)41(73-42)25-71-77(66,67)75-78(68,69)74-76(63,64)65)33-13-9-27(18-37(33)55(61)62)8-7-17-50-46(57)28-10-14-32(47(58)59)36(19-28)43-34-15-11-30(52(3)4)20-39(34)72-40-21-31(53(5)6)12-16-35(40)43/h9-16,18-21,23,26,38,41-42,44,56H,17,22,24-25H2,1-6H3,(H7-,49,50,51,57,58,59,60,63,64,65,66,67,68,69)/p+1. The van der Waals surface area contributed by atoms with Gasteiger partial charge >= 0.3 is 35.1 Å². The Morgan fingerprint density at radius 2 is 1.72 bits per heavy atom. The fourth-order valence-corrected chi connectivity index (χ4v) is 11.4. The number of nitro benzene ring substituents is 1. The number of carboxylic acids is 1. The van der Waals surface area contributed by atoms with Gasteiger partial charge in [0.2, 0.25) is 5.36 Å². The van der Waals surface area contributed by atoms with E-state index in [0.717, 1.165) is 15.6 Å². The van der Waals surface area contributed by atoms with E-state index in [1.54, 1.807) is 13.8 Å². The summed E-state index contributed by atoms with van der Waals surface area (Å²) < 4.78 is 67.8. The number of nitrogens with zero attached hydrogens (tertiary/aromatic N) is 5. The van der Waals surface area contributed by atoms with E-state index < -0.39 is 83.0 Å². The second-order valence-corrected chi connectivity index (χ2v) is 22.8. The maximum absolute atomic E-state index is 13.7. The van der Waals surface area contributed by atoms with Crippen molar-refractivity contribution in [2.45, 2.75) is 51.4 Å². The molecule has 1 fully saturated rings. The number of ether oxygens (including phenoxy) is 2. The number of aromatic carboxylic acids is 1. The lowest BCUT2D eigenvalue weighted by molar-refractivity contribution is -0.386. The number of carboxylic acid groups (broad SMARTS) is 1. The Hall–Kier alpha value is -6.98. The van der Waals surface area contributed by atoms with E-state index in [1.165, 1.54) is 42.6 Å². The zero-order chi connectivity index (χ0) is 57.2. The largest absolute Gasteiger partial charge is 0.490 e. The zero-order valence-corrected chi connectivity index (χ0v) is 45.0. The van der Waals surface area contributed by atoms with Crippen LogP contribution in [-0.2, 0) is 42.9 Å². The van der Waals surface area contributed by atoms with Crippen molar-refractivity contribution in [2.24, 2.45) is 5.92 Å². The normalized spacial score (nSPS) is 17.5. The van der Waals surface area contributed by atoms with Crippen molar-refractivity contribution in [1.29, 1.82) is 0 Å². The van der Waals surface area contributed by atoms with Crippen molar-refractivity contribution in [3.8, 4) is 34.3 Å². The molecule has 3 aliphatic rings. The molecule has 6 unspecified atom stereocenters. The van der Waals surface area contributed by atoms with Crippen LogP contribution in [0.1, 0.15) is 70.0 Å². The smallest absolute Gasteiger partial charge is 0.478 e. The molecule has 1 aliphatic carbocycles. The van der Waals surface area contributed by atoms with Crippen molar-refractivity contribution >= 4 is 63.5 Å². The van der Waals surface area contributed by atoms with Gasteiger partial charge in [0.25, 0.3) is 11.6 Å². The van der Waals surface area contributed by atoms with Gasteiger partial charge in [-0.15, -0.1) is 0 Å². The lowest BCUT2D eigenvalue weighted by atomic mass is 9.89. The highest BCUT2D eigenvalue weighted by atomic mass is 31.3. The highest BCUT2D eigenvalue weighted by molar-refractivity contribution is 7.66. The van der Waals surface area contributed by atoms with Gasteiger partial charge in [0, 0.05) is 83.8 Å². The van der Waals surface area contributed by atoms with E-state index in [9.17, 15) is 58.2 Å². The van der Waals surface area contributed by atoms with Crippen LogP contribution in [0.2, 0.25) is 0 Å². The van der Waals surface area contributed by atoms with E-state index in [0.29, 0.717) is 27.9 Å². The number of benzene rings is 4. The van der Waals surface area contributed by atoms with Gasteiger partial charge in [0.05, 0.1) is 54.1 Å². The average molecular weight is 1140 g/mol. The summed E-state index contributed by atoms with van der Waals surface area (Å²) in [6, 6.07) is 19.6. The van der Waals surface area contributed by atoms with Crippen LogP contribution in [-0.4, -0.2) is 110 Å². The molecule has 0 saturated carbocycles. The van der Waals surface area contributed by atoms with E-state index in [4.69, 9.17) is 29.4 Å². The molecule has 414 valence electrons. The molecule has 30 heteroatoms.